The number of thiophene rings is 1. The molecule has 0 saturated heterocycles. The van der Waals surface area contributed by atoms with Crippen molar-refractivity contribution in [2.24, 2.45) is 11.1 Å². The molecule has 1 unspecified atom stereocenters. The van der Waals surface area contributed by atoms with Crippen LogP contribution in [0.15, 0.2) is 4.79 Å². The first-order chi connectivity index (χ1) is 9.83. The number of nitrogens with one attached hydrogen (secondary N) is 1. The standard InChI is InChI=1S/C13H17N3O3S2/c1-7-2-3-8-9(6-7)20-13-11(8)12(17)15-10(16-13)4-5-21(14,18)19/h7H,2-6H2,1H3,(H2,14,18,19)(H,15,16,17). The van der Waals surface area contributed by atoms with Crippen molar-refractivity contribution >= 4 is 31.6 Å². The zero-order valence-electron chi connectivity index (χ0n) is 11.7. The maximum Gasteiger partial charge on any atom is 0.259 e. The fraction of sp³-hybridized carbons (Fsp3) is 0.538. The Bertz CT molecular complexity index is 851. The lowest BCUT2D eigenvalue weighted by atomic mass is 9.89. The number of nitrogens with two attached hydrogens (primary N) is 1. The number of fused-ring (bicyclic) bond motifs is 3. The second kappa shape index (κ2) is 5.19. The molecule has 8 heteroatoms. The highest BCUT2D eigenvalue weighted by atomic mass is 32.2. The number of rotatable bonds is 3. The van der Waals surface area contributed by atoms with Crippen LogP contribution in [0, 0.1) is 5.92 Å². The van der Waals surface area contributed by atoms with Crippen molar-refractivity contribution in [3.05, 3.63) is 26.6 Å². The molecular weight excluding hydrogens is 310 g/mol. The molecule has 0 saturated carbocycles. The molecule has 3 rings (SSSR count). The average Bonchev–Trinajstić information content (AvgIpc) is 2.73. The van der Waals surface area contributed by atoms with Gasteiger partial charge in [-0.25, -0.2) is 18.5 Å². The van der Waals surface area contributed by atoms with Gasteiger partial charge in [0.2, 0.25) is 10.0 Å². The topological polar surface area (TPSA) is 106 Å². The Morgan fingerprint density at radius 3 is 2.95 bits per heavy atom. The van der Waals surface area contributed by atoms with Gasteiger partial charge in [0.1, 0.15) is 10.7 Å². The third-order valence-corrected chi connectivity index (χ3v) is 5.76. The predicted molar refractivity (Wildman–Crippen MR) is 83.1 cm³/mol. The van der Waals surface area contributed by atoms with Crippen molar-refractivity contribution in [3.8, 4) is 0 Å². The molecule has 0 aromatic carbocycles. The van der Waals surface area contributed by atoms with Crippen LogP contribution in [-0.4, -0.2) is 24.1 Å². The van der Waals surface area contributed by atoms with Crippen LogP contribution >= 0.6 is 11.3 Å². The second-order valence-corrected chi connectivity index (χ2v) is 8.48. The van der Waals surface area contributed by atoms with Crippen LogP contribution in [0.25, 0.3) is 10.2 Å². The van der Waals surface area contributed by atoms with Crippen LogP contribution in [0.1, 0.15) is 29.6 Å². The minimum atomic E-state index is -3.56. The first kappa shape index (κ1) is 14.7. The van der Waals surface area contributed by atoms with Crippen LogP contribution < -0.4 is 10.7 Å². The quantitative estimate of drug-likeness (QED) is 0.875. The maximum absolute atomic E-state index is 12.3. The minimum Gasteiger partial charge on any atom is -0.310 e. The molecule has 0 radical (unpaired) electrons. The molecule has 1 aliphatic rings. The Morgan fingerprint density at radius 1 is 1.48 bits per heavy atom. The van der Waals surface area contributed by atoms with E-state index < -0.39 is 10.0 Å². The van der Waals surface area contributed by atoms with E-state index in [1.54, 1.807) is 11.3 Å². The van der Waals surface area contributed by atoms with E-state index in [2.05, 4.69) is 16.9 Å². The average molecular weight is 327 g/mol. The molecule has 114 valence electrons. The number of sulfonamides is 1. The smallest absolute Gasteiger partial charge is 0.259 e. The van der Waals surface area contributed by atoms with Gasteiger partial charge in [0.15, 0.2) is 0 Å². The number of aromatic amines is 1. The van der Waals surface area contributed by atoms with E-state index in [0.717, 1.165) is 24.8 Å². The minimum absolute atomic E-state index is 0.128. The van der Waals surface area contributed by atoms with E-state index in [1.807, 2.05) is 0 Å². The highest BCUT2D eigenvalue weighted by molar-refractivity contribution is 7.89. The van der Waals surface area contributed by atoms with Crippen molar-refractivity contribution < 1.29 is 8.42 Å². The highest BCUT2D eigenvalue weighted by Gasteiger charge is 2.23. The molecule has 0 bridgehead atoms. The fourth-order valence-electron chi connectivity index (χ4n) is 2.75. The van der Waals surface area contributed by atoms with E-state index in [4.69, 9.17) is 5.14 Å². The van der Waals surface area contributed by atoms with Crippen LogP contribution in [0.5, 0.6) is 0 Å². The Kier molecular flexibility index (Phi) is 3.62. The van der Waals surface area contributed by atoms with Gasteiger partial charge in [-0.15, -0.1) is 11.3 Å². The van der Waals surface area contributed by atoms with Gasteiger partial charge in [0, 0.05) is 11.3 Å². The SMILES string of the molecule is CC1CCc2c(sc3nc(CCS(N)(=O)=O)[nH]c(=O)c23)C1. The van der Waals surface area contributed by atoms with Gasteiger partial charge in [0.25, 0.3) is 5.56 Å². The molecule has 0 aliphatic heterocycles. The van der Waals surface area contributed by atoms with Gasteiger partial charge >= 0.3 is 0 Å². The molecule has 6 nitrogen and oxygen atoms in total. The zero-order valence-corrected chi connectivity index (χ0v) is 13.3. The Hall–Kier alpha value is -1.25. The molecule has 2 aromatic rings. The van der Waals surface area contributed by atoms with E-state index in [0.29, 0.717) is 22.0 Å². The van der Waals surface area contributed by atoms with Crippen LogP contribution in [0.4, 0.5) is 0 Å². The number of primary sulfonamides is 1. The van der Waals surface area contributed by atoms with Gasteiger partial charge in [-0.2, -0.15) is 0 Å². The fourth-order valence-corrected chi connectivity index (χ4v) is 4.63. The Labute approximate surface area is 126 Å². The lowest BCUT2D eigenvalue weighted by Crippen LogP contribution is -2.20. The molecule has 0 amide bonds. The Balaban J connectivity index is 2.03. The van der Waals surface area contributed by atoms with Crippen molar-refractivity contribution in [3.63, 3.8) is 0 Å². The lowest BCUT2D eigenvalue weighted by Gasteiger charge is -2.17. The summed E-state index contributed by atoms with van der Waals surface area (Å²) in [7, 11) is -3.56. The normalized spacial score (nSPS) is 18.9. The van der Waals surface area contributed by atoms with Gasteiger partial charge in [-0.1, -0.05) is 6.92 Å². The summed E-state index contributed by atoms with van der Waals surface area (Å²) in [5.41, 5.74) is 0.955. The molecule has 0 fully saturated rings. The molecule has 2 heterocycles. The summed E-state index contributed by atoms with van der Waals surface area (Å²) in [6.07, 6.45) is 3.12. The molecular formula is C13H17N3O3S2. The summed E-state index contributed by atoms with van der Waals surface area (Å²) in [6, 6.07) is 0. The van der Waals surface area contributed by atoms with Gasteiger partial charge in [-0.05, 0) is 30.7 Å². The van der Waals surface area contributed by atoms with Gasteiger partial charge in [0.05, 0.1) is 11.1 Å². The number of H-pyrrole nitrogens is 1. The van der Waals surface area contributed by atoms with Crippen molar-refractivity contribution in [2.75, 3.05) is 5.75 Å². The molecule has 2 aromatic heterocycles. The van der Waals surface area contributed by atoms with Crippen molar-refractivity contribution in [1.82, 2.24) is 9.97 Å². The summed E-state index contributed by atoms with van der Waals surface area (Å²) < 4.78 is 22.0. The third-order valence-electron chi connectivity index (χ3n) is 3.84. The van der Waals surface area contributed by atoms with Gasteiger partial charge in [-0.3, -0.25) is 4.79 Å². The monoisotopic (exact) mass is 327 g/mol. The molecule has 21 heavy (non-hydrogen) atoms. The lowest BCUT2D eigenvalue weighted by molar-refractivity contribution is 0.509. The third kappa shape index (κ3) is 3.02. The summed E-state index contributed by atoms with van der Waals surface area (Å²) in [5.74, 6) is 0.795. The summed E-state index contributed by atoms with van der Waals surface area (Å²) >= 11 is 1.55. The second-order valence-electron chi connectivity index (χ2n) is 5.66. The molecule has 1 aliphatic carbocycles. The Morgan fingerprint density at radius 2 is 2.24 bits per heavy atom. The van der Waals surface area contributed by atoms with E-state index in [1.165, 1.54) is 4.88 Å². The maximum atomic E-state index is 12.3. The zero-order chi connectivity index (χ0) is 15.2. The summed E-state index contributed by atoms with van der Waals surface area (Å²) in [5, 5.41) is 5.67. The van der Waals surface area contributed by atoms with Crippen LogP contribution in [0.3, 0.4) is 0 Å². The summed E-state index contributed by atoms with van der Waals surface area (Å²) in [6.45, 7) is 2.21. The first-order valence-electron chi connectivity index (χ1n) is 6.87. The number of aromatic nitrogens is 2. The highest BCUT2D eigenvalue weighted by Crippen LogP contribution is 2.35. The number of nitrogens with zero attached hydrogens (tertiary/aromatic N) is 1. The summed E-state index contributed by atoms with van der Waals surface area (Å²) in [4.78, 5) is 21.3. The van der Waals surface area contributed by atoms with E-state index in [-0.39, 0.29) is 17.7 Å². The first-order valence-corrected chi connectivity index (χ1v) is 9.40. The molecule has 0 spiro atoms. The van der Waals surface area contributed by atoms with Crippen molar-refractivity contribution in [1.29, 1.82) is 0 Å². The van der Waals surface area contributed by atoms with Crippen LogP contribution in [-0.2, 0) is 29.3 Å². The van der Waals surface area contributed by atoms with Crippen LogP contribution in [0.2, 0.25) is 0 Å². The number of aryl methyl sites for hydroxylation is 2. The predicted octanol–water partition coefficient (Wildman–Crippen LogP) is 0.940. The van der Waals surface area contributed by atoms with E-state index >= 15 is 0 Å². The van der Waals surface area contributed by atoms with E-state index in [9.17, 15) is 13.2 Å². The largest absolute Gasteiger partial charge is 0.310 e. The van der Waals surface area contributed by atoms with Crippen molar-refractivity contribution in [2.45, 2.75) is 32.6 Å². The molecule has 3 N–H and O–H groups in total. The number of hydrogen-bond acceptors (Lipinski definition) is 5. The number of hydrogen-bond donors (Lipinski definition) is 2. The van der Waals surface area contributed by atoms with Gasteiger partial charge < -0.3 is 4.98 Å². The molecule has 1 atom stereocenters.